The molecule has 3 N–H and O–H groups in total. The van der Waals surface area contributed by atoms with Crippen LogP contribution in [0.3, 0.4) is 0 Å². The highest BCUT2D eigenvalue weighted by Crippen LogP contribution is 2.38. The highest BCUT2D eigenvalue weighted by Gasteiger charge is 2.13. The Morgan fingerprint density at radius 2 is 1.80 bits per heavy atom. The van der Waals surface area contributed by atoms with Gasteiger partial charge in [-0.05, 0) is 35.2 Å². The highest BCUT2D eigenvalue weighted by molar-refractivity contribution is 7.99. The predicted octanol–water partition coefficient (Wildman–Crippen LogP) is 4.58. The lowest BCUT2D eigenvalue weighted by atomic mass is 9.95. The molecule has 0 aromatic heterocycles. The summed E-state index contributed by atoms with van der Waals surface area (Å²) in [6.45, 7) is 4.03. The standard InChI is InChI=1S/C16H19NO2S/c1-10(2)13-8-14(16(19)9-15(13)18)11-5-4-6-12(7-11)17-20-3/h4-10,17-19H,1-3H3. The van der Waals surface area contributed by atoms with E-state index < -0.39 is 0 Å². The van der Waals surface area contributed by atoms with Crippen LogP contribution in [0.15, 0.2) is 36.4 Å². The average Bonchev–Trinajstić information content (AvgIpc) is 2.39. The van der Waals surface area contributed by atoms with Crippen molar-refractivity contribution in [2.24, 2.45) is 0 Å². The van der Waals surface area contributed by atoms with Gasteiger partial charge in [-0.3, -0.25) is 0 Å². The molecule has 0 amide bonds. The van der Waals surface area contributed by atoms with E-state index in [-0.39, 0.29) is 17.4 Å². The zero-order valence-corrected chi connectivity index (χ0v) is 12.7. The first-order valence-electron chi connectivity index (χ1n) is 6.48. The largest absolute Gasteiger partial charge is 0.508 e. The van der Waals surface area contributed by atoms with Crippen molar-refractivity contribution in [3.05, 3.63) is 42.0 Å². The molecule has 2 aromatic rings. The summed E-state index contributed by atoms with van der Waals surface area (Å²) in [6, 6.07) is 11.1. The topological polar surface area (TPSA) is 52.5 Å². The lowest BCUT2D eigenvalue weighted by molar-refractivity contribution is 0.445. The Morgan fingerprint density at radius 1 is 1.05 bits per heavy atom. The molecule has 2 rings (SSSR count). The van der Waals surface area contributed by atoms with Crippen LogP contribution in [0.5, 0.6) is 11.5 Å². The first-order valence-corrected chi connectivity index (χ1v) is 7.70. The third-order valence-corrected chi connectivity index (χ3v) is 3.60. The molecule has 0 saturated heterocycles. The number of rotatable bonds is 4. The van der Waals surface area contributed by atoms with E-state index in [0.717, 1.165) is 22.4 Å². The zero-order valence-electron chi connectivity index (χ0n) is 11.8. The summed E-state index contributed by atoms with van der Waals surface area (Å²) in [5.74, 6) is 0.426. The zero-order chi connectivity index (χ0) is 14.7. The fourth-order valence-electron chi connectivity index (χ4n) is 2.16. The van der Waals surface area contributed by atoms with E-state index in [0.29, 0.717) is 0 Å². The van der Waals surface area contributed by atoms with Crippen LogP contribution in [0, 0.1) is 0 Å². The van der Waals surface area contributed by atoms with Crippen molar-refractivity contribution in [2.75, 3.05) is 11.0 Å². The van der Waals surface area contributed by atoms with Gasteiger partial charge in [0.05, 0.1) is 0 Å². The van der Waals surface area contributed by atoms with Crippen LogP contribution in [0.4, 0.5) is 5.69 Å². The molecule has 0 aliphatic carbocycles. The first kappa shape index (κ1) is 14.6. The number of anilines is 1. The summed E-state index contributed by atoms with van der Waals surface area (Å²) in [6.07, 6.45) is 1.96. The van der Waals surface area contributed by atoms with Crippen molar-refractivity contribution in [1.29, 1.82) is 0 Å². The van der Waals surface area contributed by atoms with E-state index >= 15 is 0 Å². The lowest BCUT2D eigenvalue weighted by Gasteiger charge is -2.13. The summed E-state index contributed by atoms with van der Waals surface area (Å²) >= 11 is 1.52. The van der Waals surface area contributed by atoms with E-state index in [4.69, 9.17) is 0 Å². The molecule has 0 bridgehead atoms. The number of aromatic hydroxyl groups is 2. The van der Waals surface area contributed by atoms with Crippen LogP contribution in [0.25, 0.3) is 11.1 Å². The Balaban J connectivity index is 2.51. The maximum atomic E-state index is 10.1. The molecule has 0 aliphatic heterocycles. The molecule has 0 unspecified atom stereocenters. The third kappa shape index (κ3) is 3.02. The van der Waals surface area contributed by atoms with Gasteiger partial charge in [-0.1, -0.05) is 37.9 Å². The number of phenols is 2. The van der Waals surface area contributed by atoms with Gasteiger partial charge in [0.1, 0.15) is 11.5 Å². The Kier molecular flexibility index (Phi) is 4.45. The monoisotopic (exact) mass is 289 g/mol. The van der Waals surface area contributed by atoms with Crippen molar-refractivity contribution in [2.45, 2.75) is 19.8 Å². The van der Waals surface area contributed by atoms with E-state index in [1.54, 1.807) is 0 Å². The number of benzene rings is 2. The van der Waals surface area contributed by atoms with E-state index in [9.17, 15) is 10.2 Å². The summed E-state index contributed by atoms with van der Waals surface area (Å²) < 4.78 is 3.17. The Morgan fingerprint density at radius 3 is 2.45 bits per heavy atom. The maximum Gasteiger partial charge on any atom is 0.127 e. The molecule has 0 spiro atoms. The second-order valence-electron chi connectivity index (χ2n) is 4.97. The molecule has 0 radical (unpaired) electrons. The quantitative estimate of drug-likeness (QED) is 0.721. The van der Waals surface area contributed by atoms with Gasteiger partial charge >= 0.3 is 0 Å². The molecule has 2 aromatic carbocycles. The number of hydrogen-bond acceptors (Lipinski definition) is 4. The minimum Gasteiger partial charge on any atom is -0.508 e. The van der Waals surface area contributed by atoms with Crippen molar-refractivity contribution < 1.29 is 10.2 Å². The summed E-state index contributed by atoms with van der Waals surface area (Å²) in [5.41, 5.74) is 3.47. The minimum atomic E-state index is 0.0909. The van der Waals surface area contributed by atoms with Gasteiger partial charge in [-0.15, -0.1) is 0 Å². The molecule has 0 aliphatic rings. The number of nitrogens with one attached hydrogen (secondary N) is 1. The van der Waals surface area contributed by atoms with Crippen LogP contribution in [-0.2, 0) is 0 Å². The number of phenolic OH excluding ortho intramolecular Hbond substituents is 2. The predicted molar refractivity (Wildman–Crippen MR) is 86.4 cm³/mol. The van der Waals surface area contributed by atoms with Gasteiger partial charge in [0, 0.05) is 23.6 Å². The maximum absolute atomic E-state index is 10.1. The lowest BCUT2D eigenvalue weighted by Crippen LogP contribution is -1.91. The van der Waals surface area contributed by atoms with Crippen molar-refractivity contribution >= 4 is 17.6 Å². The van der Waals surface area contributed by atoms with Gasteiger partial charge in [-0.25, -0.2) is 0 Å². The number of hydrogen-bond donors (Lipinski definition) is 3. The Bertz CT molecular complexity index is 611. The van der Waals surface area contributed by atoms with Gasteiger partial charge in [0.25, 0.3) is 0 Å². The highest BCUT2D eigenvalue weighted by atomic mass is 32.2. The molecule has 0 saturated carbocycles. The van der Waals surface area contributed by atoms with Crippen molar-refractivity contribution in [3.8, 4) is 22.6 Å². The van der Waals surface area contributed by atoms with Crippen LogP contribution in [0.1, 0.15) is 25.3 Å². The fourth-order valence-corrected chi connectivity index (χ4v) is 2.52. The van der Waals surface area contributed by atoms with Gasteiger partial charge in [0.2, 0.25) is 0 Å². The average molecular weight is 289 g/mol. The molecular weight excluding hydrogens is 270 g/mol. The fraction of sp³-hybridized carbons (Fsp3) is 0.250. The molecule has 0 atom stereocenters. The smallest absolute Gasteiger partial charge is 0.127 e. The molecule has 3 nitrogen and oxygen atoms in total. The van der Waals surface area contributed by atoms with Crippen LogP contribution >= 0.6 is 11.9 Å². The first-order chi connectivity index (χ1) is 9.52. The van der Waals surface area contributed by atoms with Crippen molar-refractivity contribution in [3.63, 3.8) is 0 Å². The summed E-state index contributed by atoms with van der Waals surface area (Å²) in [5, 5.41) is 20.0. The van der Waals surface area contributed by atoms with Crippen LogP contribution in [0.2, 0.25) is 0 Å². The van der Waals surface area contributed by atoms with Gasteiger partial charge in [-0.2, -0.15) is 0 Å². The van der Waals surface area contributed by atoms with Gasteiger partial charge < -0.3 is 14.9 Å². The van der Waals surface area contributed by atoms with Crippen LogP contribution in [-0.4, -0.2) is 16.5 Å². The molecule has 106 valence electrons. The van der Waals surface area contributed by atoms with E-state index in [1.807, 2.05) is 50.4 Å². The second kappa shape index (κ2) is 6.09. The SMILES string of the molecule is CSNc1cccc(-c2cc(C(C)C)c(O)cc2O)c1. The molecule has 4 heteroatoms. The van der Waals surface area contributed by atoms with Gasteiger partial charge in [0.15, 0.2) is 0 Å². The molecule has 0 heterocycles. The molecule has 20 heavy (non-hydrogen) atoms. The second-order valence-corrected chi connectivity index (χ2v) is 5.58. The van der Waals surface area contributed by atoms with Crippen molar-refractivity contribution in [1.82, 2.24) is 0 Å². The molecular formula is C16H19NO2S. The van der Waals surface area contributed by atoms with E-state index in [1.165, 1.54) is 18.0 Å². The Labute approximate surface area is 123 Å². The summed E-state index contributed by atoms with van der Waals surface area (Å²) in [4.78, 5) is 0. The summed E-state index contributed by atoms with van der Waals surface area (Å²) in [7, 11) is 0. The Hall–Kier alpha value is -1.81. The normalized spacial score (nSPS) is 10.8. The van der Waals surface area contributed by atoms with Crippen LogP contribution < -0.4 is 4.72 Å². The third-order valence-electron chi connectivity index (χ3n) is 3.16. The molecule has 0 fully saturated rings. The van der Waals surface area contributed by atoms with E-state index in [2.05, 4.69) is 4.72 Å². The minimum absolute atomic E-state index is 0.0909.